The van der Waals surface area contributed by atoms with Crippen LogP contribution in [0.3, 0.4) is 0 Å². The summed E-state index contributed by atoms with van der Waals surface area (Å²) in [5.74, 6) is -1.72. The Hall–Kier alpha value is -3.32. The van der Waals surface area contributed by atoms with E-state index in [0.717, 1.165) is 23.8 Å². The van der Waals surface area contributed by atoms with Gasteiger partial charge < -0.3 is 25.4 Å². The van der Waals surface area contributed by atoms with E-state index in [1.54, 1.807) is 0 Å². The van der Waals surface area contributed by atoms with E-state index in [-0.39, 0.29) is 61.0 Å². The predicted molar refractivity (Wildman–Crippen MR) is 139 cm³/mol. The molecule has 13 heteroatoms. The van der Waals surface area contributed by atoms with Crippen molar-refractivity contribution >= 4 is 11.8 Å². The van der Waals surface area contributed by atoms with E-state index >= 15 is 0 Å². The Morgan fingerprint density at radius 2 is 1.83 bits per heavy atom. The summed E-state index contributed by atoms with van der Waals surface area (Å²) in [6.07, 6.45) is 0.208. The number of hydrogen-bond acceptors (Lipinski definition) is 7. The molecule has 1 aliphatic carbocycles. The van der Waals surface area contributed by atoms with Crippen LogP contribution in [0.4, 0.5) is 17.6 Å². The number of aliphatic hydroxyl groups excluding tert-OH is 1. The molecule has 222 valence electrons. The van der Waals surface area contributed by atoms with E-state index in [1.165, 1.54) is 24.5 Å². The third-order valence-corrected chi connectivity index (χ3v) is 8.65. The van der Waals surface area contributed by atoms with Gasteiger partial charge in [-0.15, -0.1) is 0 Å². The minimum Gasteiger partial charge on any atom is -0.476 e. The summed E-state index contributed by atoms with van der Waals surface area (Å²) in [5, 5.41) is 9.96. The fourth-order valence-corrected chi connectivity index (χ4v) is 5.98. The molecule has 0 radical (unpaired) electrons. The number of carbonyl (C=O) groups excluding carboxylic acids is 2. The fraction of sp³-hybridized carbons (Fsp3) is 0.571. The summed E-state index contributed by atoms with van der Waals surface area (Å²) in [5.41, 5.74) is 4.12. The number of amides is 2. The van der Waals surface area contributed by atoms with Gasteiger partial charge in [-0.25, -0.2) is 14.4 Å². The van der Waals surface area contributed by atoms with Gasteiger partial charge in [-0.3, -0.25) is 9.59 Å². The zero-order valence-electron chi connectivity index (χ0n) is 22.4. The van der Waals surface area contributed by atoms with Crippen molar-refractivity contribution in [2.75, 3.05) is 32.8 Å². The number of aliphatic hydroxyl groups is 1. The van der Waals surface area contributed by atoms with E-state index in [9.17, 15) is 32.3 Å². The van der Waals surface area contributed by atoms with Gasteiger partial charge in [0.25, 0.3) is 5.91 Å². The summed E-state index contributed by atoms with van der Waals surface area (Å²) < 4.78 is 61.2. The number of carbonyl (C=O) groups is 2. The van der Waals surface area contributed by atoms with Gasteiger partial charge in [-0.05, 0) is 69.3 Å². The van der Waals surface area contributed by atoms with Crippen molar-refractivity contribution in [1.29, 1.82) is 0 Å². The van der Waals surface area contributed by atoms with Crippen molar-refractivity contribution in [3.05, 3.63) is 42.0 Å². The molecular formula is C28H33F4N5O4. The molecular weight excluding hydrogens is 546 g/mol. The molecule has 0 spiro atoms. The number of halogens is 4. The van der Waals surface area contributed by atoms with Crippen LogP contribution in [0.1, 0.15) is 48.9 Å². The van der Waals surface area contributed by atoms with Crippen LogP contribution in [0.15, 0.2) is 30.6 Å². The smallest absolute Gasteiger partial charge is 0.395 e. The number of piperidine rings is 1. The monoisotopic (exact) mass is 579 g/mol. The first-order valence-corrected chi connectivity index (χ1v) is 13.8. The summed E-state index contributed by atoms with van der Waals surface area (Å²) in [6, 6.07) is 2.67. The van der Waals surface area contributed by atoms with Crippen LogP contribution in [-0.4, -0.2) is 87.8 Å². The number of hydrogen-bond donors (Lipinski definition) is 2. The first-order valence-electron chi connectivity index (χ1n) is 13.8. The lowest BCUT2D eigenvalue weighted by Crippen LogP contribution is -2.53. The fourth-order valence-electron chi connectivity index (χ4n) is 5.98. The van der Waals surface area contributed by atoms with Crippen molar-refractivity contribution in [2.45, 2.75) is 56.8 Å². The Labute approximate surface area is 234 Å². The highest BCUT2D eigenvalue weighted by molar-refractivity contribution is 5.98. The summed E-state index contributed by atoms with van der Waals surface area (Å²) in [4.78, 5) is 36.0. The van der Waals surface area contributed by atoms with E-state index in [1.807, 2.05) is 4.90 Å². The molecule has 1 saturated carbocycles. The Bertz CT molecular complexity index is 1260. The summed E-state index contributed by atoms with van der Waals surface area (Å²) >= 11 is 0. The van der Waals surface area contributed by atoms with Gasteiger partial charge in [0.15, 0.2) is 0 Å². The Morgan fingerprint density at radius 1 is 1.10 bits per heavy atom. The number of nitrogens with zero attached hydrogens (tertiary/aromatic N) is 4. The van der Waals surface area contributed by atoms with Crippen LogP contribution < -0.4 is 10.5 Å². The van der Waals surface area contributed by atoms with Crippen LogP contribution in [0.2, 0.25) is 0 Å². The molecule has 0 bridgehead atoms. The largest absolute Gasteiger partial charge is 0.476 e. The standard InChI is InChI=1S/C28H33F4N5O4/c29-20-12-18(26(40)37-11-6-22(38)24(37)25(33)39)2-3-19(20)21-13-35-23(14-34-21)41-15-17-4-9-36(10-5-17)16-27(7-1-8-27)28(30,31)32/h2-3,12-14,17,22,24,38H,1,4-11,15-16H2,(H2,33,39)/t22?,24-/m0/s1. The lowest BCUT2D eigenvalue weighted by Gasteiger charge is -2.47. The van der Waals surface area contributed by atoms with Crippen LogP contribution >= 0.6 is 0 Å². The van der Waals surface area contributed by atoms with Gasteiger partial charge in [-0.1, -0.05) is 6.42 Å². The number of aromatic nitrogens is 2. The van der Waals surface area contributed by atoms with Crippen LogP contribution in [0.5, 0.6) is 5.88 Å². The normalized spacial score (nSPS) is 23.3. The molecule has 1 unspecified atom stereocenters. The molecule has 1 aromatic carbocycles. The second-order valence-corrected chi connectivity index (χ2v) is 11.3. The maximum Gasteiger partial charge on any atom is 0.395 e. The van der Waals surface area contributed by atoms with Gasteiger partial charge in [0.2, 0.25) is 11.8 Å². The zero-order chi connectivity index (χ0) is 29.4. The van der Waals surface area contributed by atoms with E-state index in [0.29, 0.717) is 26.1 Å². The van der Waals surface area contributed by atoms with Gasteiger partial charge in [0, 0.05) is 24.2 Å². The molecule has 5 rings (SSSR count). The highest BCUT2D eigenvalue weighted by atomic mass is 19.4. The highest BCUT2D eigenvalue weighted by Crippen LogP contribution is 2.53. The van der Waals surface area contributed by atoms with Gasteiger partial charge in [-0.2, -0.15) is 13.2 Å². The van der Waals surface area contributed by atoms with Crippen LogP contribution in [-0.2, 0) is 4.79 Å². The minimum absolute atomic E-state index is 0.00632. The predicted octanol–water partition coefficient (Wildman–Crippen LogP) is 3.17. The van der Waals surface area contributed by atoms with E-state index in [4.69, 9.17) is 10.5 Å². The average molecular weight is 580 g/mol. The number of alkyl halides is 3. The van der Waals surface area contributed by atoms with Crippen molar-refractivity contribution in [3.8, 4) is 17.1 Å². The molecule has 1 aromatic heterocycles. The van der Waals surface area contributed by atoms with Gasteiger partial charge in [0.1, 0.15) is 11.9 Å². The first kappa shape index (κ1) is 29.2. The molecule has 2 aromatic rings. The molecule has 2 amide bonds. The molecule has 3 aliphatic rings. The number of nitrogens with two attached hydrogens (primary N) is 1. The molecule has 3 N–H and O–H groups in total. The first-order chi connectivity index (χ1) is 19.5. The molecule has 2 aliphatic heterocycles. The lowest BCUT2D eigenvalue weighted by atomic mass is 9.67. The second-order valence-electron chi connectivity index (χ2n) is 11.3. The highest BCUT2D eigenvalue weighted by Gasteiger charge is 2.58. The van der Waals surface area contributed by atoms with E-state index in [2.05, 4.69) is 9.97 Å². The van der Waals surface area contributed by atoms with Gasteiger partial charge in [0.05, 0.1) is 36.2 Å². The number of rotatable bonds is 8. The lowest BCUT2D eigenvalue weighted by molar-refractivity contribution is -0.256. The zero-order valence-corrected chi connectivity index (χ0v) is 22.4. The molecule has 3 heterocycles. The molecule has 2 atom stereocenters. The number of primary amides is 1. The Balaban J connectivity index is 1.13. The van der Waals surface area contributed by atoms with E-state index < -0.39 is 41.4 Å². The van der Waals surface area contributed by atoms with Crippen molar-refractivity contribution < 1.29 is 37.0 Å². The number of likely N-dealkylation sites (tertiary alicyclic amines) is 2. The molecule has 41 heavy (non-hydrogen) atoms. The molecule has 2 saturated heterocycles. The number of ether oxygens (including phenoxy) is 1. The topological polar surface area (TPSA) is 122 Å². The molecule has 3 fully saturated rings. The number of benzene rings is 1. The Kier molecular flexibility index (Phi) is 8.20. The van der Waals surface area contributed by atoms with Crippen LogP contribution in [0.25, 0.3) is 11.3 Å². The average Bonchev–Trinajstić information content (AvgIpc) is 3.31. The van der Waals surface area contributed by atoms with Gasteiger partial charge >= 0.3 is 6.18 Å². The molecule has 9 nitrogen and oxygen atoms in total. The van der Waals surface area contributed by atoms with Crippen molar-refractivity contribution in [3.63, 3.8) is 0 Å². The maximum absolute atomic E-state index is 15.0. The van der Waals surface area contributed by atoms with Crippen molar-refractivity contribution in [2.24, 2.45) is 17.1 Å². The quantitative estimate of drug-likeness (QED) is 0.461. The van der Waals surface area contributed by atoms with Crippen LogP contribution in [0, 0.1) is 17.2 Å². The third-order valence-electron chi connectivity index (χ3n) is 8.65. The third kappa shape index (κ3) is 6.01. The van der Waals surface area contributed by atoms with Crippen molar-refractivity contribution in [1.82, 2.24) is 19.8 Å². The maximum atomic E-state index is 15.0. The summed E-state index contributed by atoms with van der Waals surface area (Å²) in [6.45, 7) is 1.74. The Morgan fingerprint density at radius 3 is 2.39 bits per heavy atom. The SMILES string of the molecule is NC(=O)[C@@H]1C(O)CCN1C(=O)c1ccc(-c2cnc(OCC3CCN(CC4(C(F)(F)F)CCC4)CC3)cn2)c(F)c1. The summed E-state index contributed by atoms with van der Waals surface area (Å²) in [7, 11) is 0. The second kappa shape index (κ2) is 11.5. The minimum atomic E-state index is -4.16.